The molecule has 2 aliphatic heterocycles. The van der Waals surface area contributed by atoms with Crippen LogP contribution in [0.4, 0.5) is 9.80 Å². The molecule has 0 saturated carbocycles. The average Bonchev–Trinajstić information content (AvgIpc) is 3.10. The van der Waals surface area contributed by atoms with Gasteiger partial charge in [0.1, 0.15) is 9.83 Å². The number of amides is 3. The second-order valence-electron chi connectivity index (χ2n) is 8.43. The molecule has 3 amide bonds. The highest BCUT2D eigenvalue weighted by molar-refractivity contribution is 8.01. The number of thioether (sulfide) groups is 1. The number of hydrogen-bond acceptors (Lipinski definition) is 6. The number of thiophene rings is 1. The lowest BCUT2D eigenvalue weighted by molar-refractivity contribution is -0.119. The fraction of sp³-hybridized carbons (Fsp3) is 0.333. The van der Waals surface area contributed by atoms with E-state index >= 15 is 0 Å². The SMILES string of the molecule is Cc1c(NC(N)=O)sc2ncccc12.Cc1ccc2c(c1)C(=O)CC1(CCN(C=O)CC1)S2. The molecule has 33 heavy (non-hydrogen) atoms. The van der Waals surface area contributed by atoms with Crippen molar-refractivity contribution in [1.82, 2.24) is 9.88 Å². The highest BCUT2D eigenvalue weighted by atomic mass is 32.2. The van der Waals surface area contributed by atoms with E-state index in [-0.39, 0.29) is 10.5 Å². The molecule has 5 rings (SSSR count). The zero-order chi connectivity index (χ0) is 23.6. The maximum absolute atomic E-state index is 12.4. The number of anilines is 1. The van der Waals surface area contributed by atoms with E-state index in [1.165, 1.54) is 11.3 Å². The monoisotopic (exact) mass is 482 g/mol. The fourth-order valence-corrected chi connectivity index (χ4v) is 6.74. The first-order valence-corrected chi connectivity index (χ1v) is 12.4. The van der Waals surface area contributed by atoms with Crippen LogP contribution in [0, 0.1) is 13.8 Å². The maximum Gasteiger partial charge on any atom is 0.317 e. The number of pyridine rings is 1. The Labute approximate surface area is 200 Å². The van der Waals surface area contributed by atoms with Crippen molar-refractivity contribution in [2.75, 3.05) is 18.4 Å². The van der Waals surface area contributed by atoms with Crippen LogP contribution in [0.25, 0.3) is 10.2 Å². The molecule has 0 aliphatic carbocycles. The summed E-state index contributed by atoms with van der Waals surface area (Å²) in [6.07, 6.45) is 5.08. The number of aromatic nitrogens is 1. The molecule has 0 bridgehead atoms. The summed E-state index contributed by atoms with van der Waals surface area (Å²) in [4.78, 5) is 41.9. The third kappa shape index (κ3) is 5.04. The maximum atomic E-state index is 12.4. The van der Waals surface area contributed by atoms with Crippen LogP contribution in [0.5, 0.6) is 0 Å². The molecule has 2 aromatic heterocycles. The minimum atomic E-state index is -0.542. The standard InChI is InChI=1S/C15H17NO2S.C9H9N3OS/c1-11-2-3-14-12(8-11)13(18)9-15(19-14)4-6-16(10-17)7-5-15;1-5-6-3-2-4-11-8(6)14-7(5)12-9(10)13/h2-3,8,10H,4-7,9H2,1H3;2-4H,1H3,(H3,10,12,13). The quantitative estimate of drug-likeness (QED) is 0.512. The minimum Gasteiger partial charge on any atom is -0.351 e. The summed E-state index contributed by atoms with van der Waals surface area (Å²) in [5, 5.41) is 4.41. The smallest absolute Gasteiger partial charge is 0.317 e. The molecule has 3 N–H and O–H groups in total. The van der Waals surface area contributed by atoms with Crippen molar-refractivity contribution in [1.29, 1.82) is 0 Å². The number of ketones is 1. The van der Waals surface area contributed by atoms with Gasteiger partial charge in [-0.25, -0.2) is 9.78 Å². The highest BCUT2D eigenvalue weighted by Crippen LogP contribution is 2.48. The van der Waals surface area contributed by atoms with Gasteiger partial charge in [-0.1, -0.05) is 29.0 Å². The predicted octanol–water partition coefficient (Wildman–Crippen LogP) is 4.76. The van der Waals surface area contributed by atoms with Crippen molar-refractivity contribution in [3.05, 3.63) is 53.2 Å². The lowest BCUT2D eigenvalue weighted by atomic mass is 9.88. The molecule has 3 aromatic rings. The number of nitrogens with one attached hydrogen (secondary N) is 1. The lowest BCUT2D eigenvalue weighted by Crippen LogP contribution is -2.44. The third-order valence-corrected chi connectivity index (χ3v) is 8.75. The number of urea groups is 1. The molecule has 0 radical (unpaired) electrons. The molecule has 1 fully saturated rings. The van der Waals surface area contributed by atoms with E-state index in [2.05, 4.69) is 22.4 Å². The van der Waals surface area contributed by atoms with Crippen LogP contribution in [0.1, 0.15) is 40.7 Å². The first-order valence-electron chi connectivity index (χ1n) is 10.7. The van der Waals surface area contributed by atoms with E-state index in [4.69, 9.17) is 5.73 Å². The van der Waals surface area contributed by atoms with Crippen LogP contribution in [0.15, 0.2) is 41.4 Å². The van der Waals surface area contributed by atoms with Crippen molar-refractivity contribution in [3.8, 4) is 0 Å². The summed E-state index contributed by atoms with van der Waals surface area (Å²) in [5.41, 5.74) is 8.08. The number of Topliss-reactive ketones (excluding diaryl/α,β-unsaturated/α-hetero) is 1. The van der Waals surface area contributed by atoms with Crippen LogP contribution < -0.4 is 11.1 Å². The highest BCUT2D eigenvalue weighted by Gasteiger charge is 2.41. The number of benzene rings is 1. The van der Waals surface area contributed by atoms with Crippen molar-refractivity contribution >= 4 is 56.5 Å². The van der Waals surface area contributed by atoms with E-state index in [0.717, 1.165) is 69.1 Å². The fourth-order valence-electron chi connectivity index (χ4n) is 4.21. The van der Waals surface area contributed by atoms with E-state index in [1.807, 2.05) is 43.8 Å². The number of carbonyl (C=O) groups is 3. The van der Waals surface area contributed by atoms with Crippen molar-refractivity contribution < 1.29 is 14.4 Å². The first-order chi connectivity index (χ1) is 15.8. The van der Waals surface area contributed by atoms with Gasteiger partial charge in [0.2, 0.25) is 6.41 Å². The van der Waals surface area contributed by atoms with Gasteiger partial charge in [-0.05, 0) is 50.5 Å². The van der Waals surface area contributed by atoms with Gasteiger partial charge in [0.15, 0.2) is 5.78 Å². The van der Waals surface area contributed by atoms with Gasteiger partial charge >= 0.3 is 6.03 Å². The summed E-state index contributed by atoms with van der Waals surface area (Å²) >= 11 is 3.27. The van der Waals surface area contributed by atoms with Crippen LogP contribution in [0.3, 0.4) is 0 Å². The molecule has 0 atom stereocenters. The molecule has 7 nitrogen and oxygen atoms in total. The van der Waals surface area contributed by atoms with Gasteiger partial charge < -0.3 is 10.6 Å². The van der Waals surface area contributed by atoms with Gasteiger partial charge in [0, 0.05) is 46.3 Å². The van der Waals surface area contributed by atoms with E-state index in [9.17, 15) is 14.4 Å². The number of nitrogens with two attached hydrogens (primary N) is 1. The molecule has 1 saturated heterocycles. The van der Waals surface area contributed by atoms with Gasteiger partial charge in [-0.2, -0.15) is 0 Å². The Bertz CT molecular complexity index is 1220. The zero-order valence-electron chi connectivity index (χ0n) is 18.6. The largest absolute Gasteiger partial charge is 0.351 e. The molecule has 2 aliphatic rings. The van der Waals surface area contributed by atoms with Crippen molar-refractivity contribution in [3.63, 3.8) is 0 Å². The topological polar surface area (TPSA) is 105 Å². The second kappa shape index (κ2) is 9.52. The molecule has 4 heterocycles. The molecular formula is C24H26N4O3S2. The van der Waals surface area contributed by atoms with Crippen LogP contribution >= 0.6 is 23.1 Å². The number of fused-ring (bicyclic) bond motifs is 2. The summed E-state index contributed by atoms with van der Waals surface area (Å²) in [7, 11) is 0. The number of carbonyl (C=O) groups excluding carboxylic acids is 3. The van der Waals surface area contributed by atoms with Crippen molar-refractivity contribution in [2.45, 2.75) is 42.8 Å². The van der Waals surface area contributed by atoms with Crippen molar-refractivity contribution in [2.24, 2.45) is 5.73 Å². The van der Waals surface area contributed by atoms with Crippen LogP contribution in [0.2, 0.25) is 0 Å². The van der Waals surface area contributed by atoms with Gasteiger partial charge in [-0.3, -0.25) is 14.9 Å². The number of nitrogens with zero attached hydrogens (tertiary/aromatic N) is 2. The Kier molecular flexibility index (Phi) is 6.71. The molecule has 1 aromatic carbocycles. The van der Waals surface area contributed by atoms with Crippen LogP contribution in [-0.4, -0.2) is 45.9 Å². The minimum absolute atomic E-state index is 0.0127. The Morgan fingerprint density at radius 1 is 1.24 bits per heavy atom. The number of aryl methyl sites for hydroxylation is 2. The molecule has 172 valence electrons. The number of likely N-dealkylation sites (tertiary alicyclic amines) is 1. The third-order valence-electron chi connectivity index (χ3n) is 6.05. The summed E-state index contributed by atoms with van der Waals surface area (Å²) in [5.74, 6) is 0.261. The van der Waals surface area contributed by atoms with Crippen LogP contribution in [-0.2, 0) is 4.79 Å². The number of piperidine rings is 1. The summed E-state index contributed by atoms with van der Waals surface area (Å²) in [6.45, 7) is 5.49. The molecule has 1 spiro atoms. The van der Waals surface area contributed by atoms with Gasteiger partial charge in [0.25, 0.3) is 0 Å². The first kappa shape index (κ1) is 23.3. The summed E-state index contributed by atoms with van der Waals surface area (Å²) < 4.78 is 0.0127. The Morgan fingerprint density at radius 3 is 2.67 bits per heavy atom. The van der Waals surface area contributed by atoms with E-state index in [0.29, 0.717) is 6.42 Å². The Hall–Kier alpha value is -2.91. The zero-order valence-corrected chi connectivity index (χ0v) is 20.2. The molecular weight excluding hydrogens is 456 g/mol. The lowest BCUT2D eigenvalue weighted by Gasteiger charge is -2.42. The normalized spacial score (nSPS) is 16.7. The Morgan fingerprint density at radius 2 is 2.00 bits per heavy atom. The molecule has 9 heteroatoms. The number of hydrogen-bond donors (Lipinski definition) is 2. The Balaban J connectivity index is 0.000000165. The molecule has 0 unspecified atom stereocenters. The average molecular weight is 483 g/mol. The second-order valence-corrected chi connectivity index (χ2v) is 10.9. The van der Waals surface area contributed by atoms with Gasteiger partial charge in [-0.15, -0.1) is 11.8 Å². The number of rotatable bonds is 2. The predicted molar refractivity (Wildman–Crippen MR) is 133 cm³/mol. The van der Waals surface area contributed by atoms with E-state index in [1.54, 1.807) is 11.1 Å². The van der Waals surface area contributed by atoms with Gasteiger partial charge in [0.05, 0.1) is 0 Å². The van der Waals surface area contributed by atoms with E-state index < -0.39 is 6.03 Å². The number of primary amides is 1. The summed E-state index contributed by atoms with van der Waals surface area (Å²) in [6, 6.07) is 9.44.